The molecule has 1 N–H and O–H groups in total. The zero-order valence-corrected chi connectivity index (χ0v) is 17.5. The van der Waals surface area contributed by atoms with Gasteiger partial charge in [-0.05, 0) is 49.9 Å². The van der Waals surface area contributed by atoms with Crippen LogP contribution in [0, 0.1) is 19.3 Å². The maximum atomic E-state index is 13.3. The number of nitrogens with one attached hydrogen (secondary N) is 1. The second-order valence-corrected chi connectivity index (χ2v) is 6.96. The van der Waals surface area contributed by atoms with Crippen LogP contribution in [0.5, 0.6) is 5.75 Å². The summed E-state index contributed by atoms with van der Waals surface area (Å²) in [5.74, 6) is 2.42. The fourth-order valence-corrected chi connectivity index (χ4v) is 2.93. The number of ether oxygens (including phenoxy) is 2. The van der Waals surface area contributed by atoms with Crippen LogP contribution in [0.15, 0.2) is 30.0 Å². The third-order valence-corrected chi connectivity index (χ3v) is 4.65. The van der Waals surface area contributed by atoms with E-state index in [1.165, 1.54) is 11.9 Å². The highest BCUT2D eigenvalue weighted by molar-refractivity contribution is 5.99. The maximum Gasteiger partial charge on any atom is 0.258 e. The van der Waals surface area contributed by atoms with Crippen molar-refractivity contribution >= 4 is 18.1 Å². The topological polar surface area (TPSA) is 84.9 Å². The second-order valence-electron chi connectivity index (χ2n) is 6.96. The monoisotopic (exact) mass is 412 g/mol. The Labute approximate surface area is 177 Å². The lowest BCUT2D eigenvalue weighted by atomic mass is 10.0. The lowest BCUT2D eigenvalue weighted by Gasteiger charge is -2.28. The number of amides is 2. The third kappa shape index (κ3) is 6.75. The van der Waals surface area contributed by atoms with Crippen molar-refractivity contribution in [1.29, 1.82) is 0 Å². The Hall–Kier alpha value is -3.11. The third-order valence-electron chi connectivity index (χ3n) is 4.65. The van der Waals surface area contributed by atoms with E-state index in [1.54, 1.807) is 24.4 Å². The first-order chi connectivity index (χ1) is 14.5. The Morgan fingerprint density at radius 1 is 1.33 bits per heavy atom. The highest BCUT2D eigenvalue weighted by atomic mass is 16.5. The summed E-state index contributed by atoms with van der Waals surface area (Å²) in [4.78, 5) is 38.1. The average Bonchev–Trinajstić information content (AvgIpc) is 3.56. The first-order valence-corrected chi connectivity index (χ1v) is 9.94. The van der Waals surface area contributed by atoms with Crippen LogP contribution in [0.2, 0.25) is 0 Å². The highest BCUT2D eigenvalue weighted by Gasteiger charge is 2.30. The number of aryl methyl sites for hydroxylation is 1. The molecule has 0 saturated heterocycles. The SMILES string of the molecule is C#CCOCCOc1ccc(C(=O)N(C=C2CC2)C(CCC=O)C(=O)NC)c(C)c1. The first-order valence-electron chi connectivity index (χ1n) is 9.94. The number of hydrogen-bond donors (Lipinski definition) is 1. The summed E-state index contributed by atoms with van der Waals surface area (Å²) in [5.41, 5.74) is 2.31. The number of carbonyl (C=O) groups excluding carboxylic acids is 3. The predicted octanol–water partition coefficient (Wildman–Crippen LogP) is 2.24. The molecule has 1 aliphatic rings. The molecule has 7 nitrogen and oxygen atoms in total. The summed E-state index contributed by atoms with van der Waals surface area (Å²) in [5, 5.41) is 2.59. The largest absolute Gasteiger partial charge is 0.491 e. The molecule has 0 heterocycles. The fourth-order valence-electron chi connectivity index (χ4n) is 2.93. The minimum absolute atomic E-state index is 0.193. The molecule has 0 aliphatic heterocycles. The van der Waals surface area contributed by atoms with Gasteiger partial charge in [-0.1, -0.05) is 11.5 Å². The lowest BCUT2D eigenvalue weighted by molar-refractivity contribution is -0.124. The Morgan fingerprint density at radius 3 is 2.70 bits per heavy atom. The van der Waals surface area contributed by atoms with Gasteiger partial charge in [-0.3, -0.25) is 9.59 Å². The van der Waals surface area contributed by atoms with E-state index < -0.39 is 6.04 Å². The van der Waals surface area contributed by atoms with Gasteiger partial charge in [0.1, 0.15) is 31.3 Å². The van der Waals surface area contributed by atoms with Crippen molar-refractivity contribution in [2.45, 2.75) is 38.6 Å². The Morgan fingerprint density at radius 2 is 2.10 bits per heavy atom. The molecule has 1 unspecified atom stereocenters. The number of aldehydes is 1. The van der Waals surface area contributed by atoms with Crippen LogP contribution < -0.4 is 10.1 Å². The van der Waals surface area contributed by atoms with Gasteiger partial charge in [-0.15, -0.1) is 6.42 Å². The van der Waals surface area contributed by atoms with Crippen molar-refractivity contribution in [3.63, 3.8) is 0 Å². The van der Waals surface area contributed by atoms with Crippen LogP contribution in [-0.4, -0.2) is 55.9 Å². The van der Waals surface area contributed by atoms with Crippen LogP contribution in [0.25, 0.3) is 0 Å². The molecule has 1 aliphatic carbocycles. The molecule has 2 amide bonds. The summed E-state index contributed by atoms with van der Waals surface area (Å²) in [6.45, 7) is 2.77. The number of allylic oxidation sites excluding steroid dienone is 1. The standard InChI is InChI=1S/C23H28N2O5/c1-4-12-29-13-14-30-19-9-10-20(17(2)15-19)23(28)25(16-18-7-8-18)21(6-5-11-26)22(27)24-3/h1,9-11,15-16,21H,5-8,12-14H2,2-3H3,(H,24,27). The van der Waals surface area contributed by atoms with Crippen molar-refractivity contribution in [3.8, 4) is 18.1 Å². The molecule has 0 aromatic heterocycles. The average molecular weight is 412 g/mol. The number of hydrogen-bond acceptors (Lipinski definition) is 5. The predicted molar refractivity (Wildman–Crippen MR) is 113 cm³/mol. The van der Waals surface area contributed by atoms with Crippen molar-refractivity contribution in [1.82, 2.24) is 10.2 Å². The zero-order chi connectivity index (χ0) is 21.9. The molecule has 1 fully saturated rings. The molecule has 1 aromatic carbocycles. The van der Waals surface area contributed by atoms with E-state index >= 15 is 0 Å². The first kappa shape index (κ1) is 23.2. The van der Waals surface area contributed by atoms with Gasteiger partial charge in [-0.25, -0.2) is 0 Å². The van der Waals surface area contributed by atoms with Crippen LogP contribution >= 0.6 is 0 Å². The van der Waals surface area contributed by atoms with Gasteiger partial charge in [0, 0.05) is 25.2 Å². The number of carbonyl (C=O) groups is 3. The number of rotatable bonds is 12. The molecule has 7 heteroatoms. The van der Waals surface area contributed by atoms with Crippen LogP contribution in [0.4, 0.5) is 0 Å². The van der Waals surface area contributed by atoms with Crippen molar-refractivity contribution in [2.24, 2.45) is 0 Å². The molecule has 30 heavy (non-hydrogen) atoms. The molecular weight excluding hydrogens is 384 g/mol. The van der Waals surface area contributed by atoms with Crippen molar-refractivity contribution in [2.75, 3.05) is 26.9 Å². The smallest absolute Gasteiger partial charge is 0.258 e. The van der Waals surface area contributed by atoms with Crippen LogP contribution in [0.3, 0.4) is 0 Å². The van der Waals surface area contributed by atoms with Crippen molar-refractivity contribution in [3.05, 3.63) is 41.1 Å². The van der Waals surface area contributed by atoms with E-state index in [-0.39, 0.29) is 31.3 Å². The van der Waals surface area contributed by atoms with E-state index in [9.17, 15) is 14.4 Å². The van der Waals surface area contributed by atoms with E-state index in [2.05, 4.69) is 11.2 Å². The molecular formula is C23H28N2O5. The molecule has 1 aromatic rings. The molecule has 2 rings (SSSR count). The highest BCUT2D eigenvalue weighted by Crippen LogP contribution is 2.30. The molecule has 0 bridgehead atoms. The van der Waals surface area contributed by atoms with Gasteiger partial charge < -0.3 is 24.5 Å². The lowest BCUT2D eigenvalue weighted by Crippen LogP contribution is -2.46. The van der Waals surface area contributed by atoms with Crippen molar-refractivity contribution < 1.29 is 23.9 Å². The number of benzene rings is 1. The van der Waals surface area contributed by atoms with Gasteiger partial charge in [0.05, 0.1) is 6.61 Å². The quantitative estimate of drug-likeness (QED) is 0.323. The van der Waals surface area contributed by atoms with E-state index in [4.69, 9.17) is 15.9 Å². The Balaban J connectivity index is 2.18. The summed E-state index contributed by atoms with van der Waals surface area (Å²) < 4.78 is 10.8. The number of likely N-dealkylation sites (N-methyl/N-ethyl adjacent to an activating group) is 1. The van der Waals surface area contributed by atoms with Crippen LogP contribution in [0.1, 0.15) is 41.6 Å². The Bertz CT molecular complexity index is 834. The van der Waals surface area contributed by atoms with E-state index in [1.807, 2.05) is 6.92 Å². The van der Waals surface area contributed by atoms with Gasteiger partial charge in [0.15, 0.2) is 0 Å². The van der Waals surface area contributed by atoms with E-state index in [0.29, 0.717) is 24.5 Å². The molecule has 1 atom stereocenters. The maximum absolute atomic E-state index is 13.3. The summed E-state index contributed by atoms with van der Waals surface area (Å²) >= 11 is 0. The number of terminal acetylenes is 1. The number of nitrogens with zero attached hydrogens (tertiary/aromatic N) is 1. The van der Waals surface area contributed by atoms with Gasteiger partial charge in [0.2, 0.25) is 5.91 Å². The summed E-state index contributed by atoms with van der Waals surface area (Å²) in [6, 6.07) is 4.43. The van der Waals surface area contributed by atoms with Gasteiger partial charge in [-0.2, -0.15) is 0 Å². The fraction of sp³-hybridized carbons (Fsp3) is 0.435. The summed E-state index contributed by atoms with van der Waals surface area (Å²) in [7, 11) is 1.52. The van der Waals surface area contributed by atoms with Gasteiger partial charge >= 0.3 is 0 Å². The second kappa shape index (κ2) is 11.8. The van der Waals surface area contributed by atoms with Crippen LogP contribution in [-0.2, 0) is 14.3 Å². The van der Waals surface area contributed by atoms with E-state index in [0.717, 1.165) is 30.3 Å². The molecule has 0 spiro atoms. The minimum Gasteiger partial charge on any atom is -0.491 e. The minimum atomic E-state index is -0.746. The molecule has 160 valence electrons. The summed E-state index contributed by atoms with van der Waals surface area (Å²) in [6.07, 6.45) is 9.90. The zero-order valence-electron chi connectivity index (χ0n) is 17.5. The van der Waals surface area contributed by atoms with Gasteiger partial charge in [0.25, 0.3) is 5.91 Å². The normalized spacial score (nSPS) is 13.0. The Kier molecular flexibility index (Phi) is 9.10. The molecule has 1 saturated carbocycles. The molecule has 0 radical (unpaired) electrons.